The van der Waals surface area contributed by atoms with E-state index in [2.05, 4.69) is 4.98 Å². The van der Waals surface area contributed by atoms with Crippen molar-refractivity contribution in [1.82, 2.24) is 9.97 Å². The van der Waals surface area contributed by atoms with Crippen LogP contribution in [0.15, 0.2) is 102 Å². The molecule has 164 valence electrons. The third-order valence-electron chi connectivity index (χ3n) is 6.07. The van der Waals surface area contributed by atoms with Crippen LogP contribution in [0.1, 0.15) is 5.56 Å². The van der Waals surface area contributed by atoms with Crippen molar-refractivity contribution >= 4 is 21.9 Å². The number of benzene rings is 3. The maximum absolute atomic E-state index is 10.7. The van der Waals surface area contributed by atoms with Crippen LogP contribution in [-0.4, -0.2) is 15.1 Å². The first-order valence-electron chi connectivity index (χ1n) is 11.1. The molecular formula is C29H21N3O2. The SMILES string of the molecule is NCc1ccc(-c2nc3c(-c4cc5ccccc5o4)cnc(O)c3cc2-c2ccccc2)cc1. The lowest BCUT2D eigenvalue weighted by Gasteiger charge is -2.14. The average Bonchev–Trinajstić information content (AvgIpc) is 3.33. The van der Waals surface area contributed by atoms with E-state index >= 15 is 0 Å². The highest BCUT2D eigenvalue weighted by Gasteiger charge is 2.19. The fourth-order valence-corrected chi connectivity index (χ4v) is 4.30. The van der Waals surface area contributed by atoms with Crippen LogP contribution in [0.2, 0.25) is 0 Å². The van der Waals surface area contributed by atoms with Gasteiger partial charge in [0.15, 0.2) is 0 Å². The van der Waals surface area contributed by atoms with Crippen molar-refractivity contribution in [2.75, 3.05) is 0 Å². The summed E-state index contributed by atoms with van der Waals surface area (Å²) < 4.78 is 6.12. The highest BCUT2D eigenvalue weighted by molar-refractivity contribution is 6.01. The van der Waals surface area contributed by atoms with Crippen LogP contribution in [0.5, 0.6) is 5.88 Å². The summed E-state index contributed by atoms with van der Waals surface area (Å²) in [6.45, 7) is 0.479. The Labute approximate surface area is 196 Å². The van der Waals surface area contributed by atoms with Crippen molar-refractivity contribution < 1.29 is 9.52 Å². The third kappa shape index (κ3) is 3.39. The standard InChI is InChI=1S/C29H21N3O2/c30-16-18-10-12-20(13-11-18)27-22(19-6-2-1-3-7-19)15-23-28(32-27)24(17-31-29(23)33)26-14-21-8-4-5-9-25(21)34-26/h1-15,17H,16,30H2,(H,31,33). The van der Waals surface area contributed by atoms with Crippen LogP contribution in [-0.2, 0) is 6.54 Å². The highest BCUT2D eigenvalue weighted by atomic mass is 16.3. The number of nitrogens with two attached hydrogens (primary N) is 1. The quantitative estimate of drug-likeness (QED) is 0.323. The van der Waals surface area contributed by atoms with Gasteiger partial charge in [0, 0.05) is 29.3 Å². The van der Waals surface area contributed by atoms with E-state index in [0.717, 1.165) is 44.5 Å². The molecule has 0 radical (unpaired) electrons. The molecule has 0 fully saturated rings. The number of aromatic nitrogens is 2. The van der Waals surface area contributed by atoms with E-state index in [1.165, 1.54) is 0 Å². The maximum atomic E-state index is 10.7. The lowest BCUT2D eigenvalue weighted by molar-refractivity contribution is 0.460. The van der Waals surface area contributed by atoms with Crippen LogP contribution in [0.4, 0.5) is 0 Å². The number of fused-ring (bicyclic) bond motifs is 2. The van der Waals surface area contributed by atoms with Gasteiger partial charge in [-0.1, -0.05) is 72.8 Å². The van der Waals surface area contributed by atoms with E-state index < -0.39 is 0 Å². The Balaban J connectivity index is 1.65. The van der Waals surface area contributed by atoms with Crippen LogP contribution >= 0.6 is 0 Å². The zero-order chi connectivity index (χ0) is 23.1. The molecule has 5 heteroatoms. The van der Waals surface area contributed by atoms with Crippen LogP contribution in [0, 0.1) is 0 Å². The van der Waals surface area contributed by atoms with Crippen molar-refractivity contribution in [1.29, 1.82) is 0 Å². The molecule has 0 amide bonds. The monoisotopic (exact) mass is 443 g/mol. The van der Waals surface area contributed by atoms with Gasteiger partial charge in [-0.2, -0.15) is 0 Å². The first kappa shape index (κ1) is 20.1. The number of pyridine rings is 2. The van der Waals surface area contributed by atoms with Gasteiger partial charge in [0.2, 0.25) is 5.88 Å². The second kappa shape index (κ2) is 8.14. The van der Waals surface area contributed by atoms with Gasteiger partial charge in [-0.3, -0.25) is 0 Å². The highest BCUT2D eigenvalue weighted by Crippen LogP contribution is 2.39. The number of rotatable bonds is 4. The van der Waals surface area contributed by atoms with Gasteiger partial charge in [0.25, 0.3) is 0 Å². The van der Waals surface area contributed by atoms with Crippen molar-refractivity contribution in [2.24, 2.45) is 5.73 Å². The largest absolute Gasteiger partial charge is 0.493 e. The maximum Gasteiger partial charge on any atom is 0.220 e. The topological polar surface area (TPSA) is 85.2 Å². The molecule has 0 spiro atoms. The Hall–Kier alpha value is -4.48. The van der Waals surface area contributed by atoms with Crippen LogP contribution in [0.3, 0.4) is 0 Å². The molecular weight excluding hydrogens is 422 g/mol. The predicted octanol–water partition coefficient (Wildman–Crippen LogP) is 6.54. The van der Waals surface area contributed by atoms with E-state index in [9.17, 15) is 5.11 Å². The van der Waals surface area contributed by atoms with E-state index in [1.807, 2.05) is 91.0 Å². The molecule has 0 atom stereocenters. The number of nitrogens with zero attached hydrogens (tertiary/aromatic N) is 2. The molecule has 0 aliphatic heterocycles. The lowest BCUT2D eigenvalue weighted by atomic mass is 9.96. The Kier molecular flexibility index (Phi) is 4.82. The van der Waals surface area contributed by atoms with Crippen molar-refractivity contribution in [3.8, 4) is 39.6 Å². The molecule has 6 rings (SSSR count). The minimum absolute atomic E-state index is 0.0652. The van der Waals surface area contributed by atoms with Gasteiger partial charge in [-0.25, -0.2) is 9.97 Å². The number of furan rings is 1. The van der Waals surface area contributed by atoms with Gasteiger partial charge in [-0.05, 0) is 29.3 Å². The molecule has 0 saturated carbocycles. The summed E-state index contributed by atoms with van der Waals surface area (Å²) in [5, 5.41) is 12.3. The molecule has 0 saturated heterocycles. The van der Waals surface area contributed by atoms with Gasteiger partial charge in [0.1, 0.15) is 11.3 Å². The third-order valence-corrected chi connectivity index (χ3v) is 6.07. The number of aromatic hydroxyl groups is 1. The zero-order valence-corrected chi connectivity index (χ0v) is 18.3. The molecule has 0 aliphatic carbocycles. The molecule has 3 aromatic carbocycles. The van der Waals surface area contributed by atoms with Crippen molar-refractivity contribution in [2.45, 2.75) is 6.54 Å². The van der Waals surface area contributed by atoms with Gasteiger partial charge in [-0.15, -0.1) is 0 Å². The molecule has 0 bridgehead atoms. The predicted molar refractivity (Wildman–Crippen MR) is 135 cm³/mol. The Morgan fingerprint density at radius 3 is 2.32 bits per heavy atom. The smallest absolute Gasteiger partial charge is 0.220 e. The summed E-state index contributed by atoms with van der Waals surface area (Å²) >= 11 is 0. The second-order valence-electron chi connectivity index (χ2n) is 8.19. The molecule has 3 aromatic heterocycles. The fraction of sp³-hybridized carbons (Fsp3) is 0.0345. The first-order chi connectivity index (χ1) is 16.7. The molecule has 3 N–H and O–H groups in total. The molecule has 5 nitrogen and oxygen atoms in total. The van der Waals surface area contributed by atoms with Gasteiger partial charge in [0.05, 0.1) is 22.2 Å². The summed E-state index contributed by atoms with van der Waals surface area (Å²) in [5.74, 6) is 0.590. The Morgan fingerprint density at radius 2 is 1.56 bits per heavy atom. The summed E-state index contributed by atoms with van der Waals surface area (Å²) in [5.41, 5.74) is 12.7. The van der Waals surface area contributed by atoms with E-state index in [-0.39, 0.29) is 5.88 Å². The summed E-state index contributed by atoms with van der Waals surface area (Å²) in [6.07, 6.45) is 1.62. The van der Waals surface area contributed by atoms with E-state index in [1.54, 1.807) is 6.20 Å². The average molecular weight is 444 g/mol. The summed E-state index contributed by atoms with van der Waals surface area (Å²) in [6, 6.07) is 29.9. The minimum atomic E-state index is -0.0652. The molecule has 3 heterocycles. The first-order valence-corrected chi connectivity index (χ1v) is 11.1. The Morgan fingerprint density at radius 1 is 0.794 bits per heavy atom. The van der Waals surface area contributed by atoms with E-state index in [4.69, 9.17) is 15.1 Å². The van der Waals surface area contributed by atoms with Gasteiger partial charge < -0.3 is 15.3 Å². The van der Waals surface area contributed by atoms with Crippen molar-refractivity contribution in [3.05, 3.63) is 103 Å². The van der Waals surface area contributed by atoms with Crippen LogP contribution < -0.4 is 5.73 Å². The number of para-hydroxylation sites is 1. The van der Waals surface area contributed by atoms with Crippen molar-refractivity contribution in [3.63, 3.8) is 0 Å². The molecule has 6 aromatic rings. The Bertz CT molecular complexity index is 1610. The lowest BCUT2D eigenvalue weighted by Crippen LogP contribution is -1.97. The number of hydrogen-bond acceptors (Lipinski definition) is 5. The zero-order valence-electron chi connectivity index (χ0n) is 18.3. The molecule has 0 aliphatic rings. The molecule has 0 unspecified atom stereocenters. The number of hydrogen-bond donors (Lipinski definition) is 2. The summed E-state index contributed by atoms with van der Waals surface area (Å²) in [7, 11) is 0. The van der Waals surface area contributed by atoms with Gasteiger partial charge >= 0.3 is 0 Å². The van der Waals surface area contributed by atoms with E-state index in [0.29, 0.717) is 23.2 Å². The molecule has 34 heavy (non-hydrogen) atoms. The van der Waals surface area contributed by atoms with Crippen LogP contribution in [0.25, 0.3) is 55.6 Å². The fourth-order valence-electron chi connectivity index (χ4n) is 4.30. The summed E-state index contributed by atoms with van der Waals surface area (Å²) in [4.78, 5) is 9.35. The second-order valence-corrected chi connectivity index (χ2v) is 8.19. The minimum Gasteiger partial charge on any atom is -0.493 e. The normalized spacial score (nSPS) is 11.3.